The number of amides is 1. The third-order valence-corrected chi connectivity index (χ3v) is 2.59. The predicted molar refractivity (Wildman–Crippen MR) is 79.1 cm³/mol. The van der Waals surface area contributed by atoms with Crippen LogP contribution in [0.15, 0.2) is 6.07 Å². The van der Waals surface area contributed by atoms with E-state index in [1.807, 2.05) is 13.8 Å². The van der Waals surface area contributed by atoms with E-state index in [9.17, 15) is 9.59 Å². The zero-order chi connectivity index (χ0) is 15.8. The third kappa shape index (κ3) is 6.20. The minimum atomic E-state index is -0.587. The average Bonchev–Trinajstić information content (AvgIpc) is 2.43. The van der Waals surface area contributed by atoms with Gasteiger partial charge in [-0.2, -0.15) is 0 Å². The Hall–Kier alpha value is -2.18. The van der Waals surface area contributed by atoms with E-state index >= 15 is 0 Å². The van der Waals surface area contributed by atoms with Gasteiger partial charge in [-0.3, -0.25) is 4.79 Å². The topological polar surface area (TPSA) is 93.2 Å². The van der Waals surface area contributed by atoms with E-state index in [4.69, 9.17) is 0 Å². The number of anilines is 1. The van der Waals surface area contributed by atoms with Crippen LogP contribution >= 0.6 is 0 Å². The van der Waals surface area contributed by atoms with E-state index in [1.54, 1.807) is 13.0 Å². The monoisotopic (exact) mass is 294 g/mol. The molecule has 7 nitrogen and oxygen atoms in total. The van der Waals surface area contributed by atoms with Crippen LogP contribution in [0.5, 0.6) is 0 Å². The Kier molecular flexibility index (Phi) is 6.58. The van der Waals surface area contributed by atoms with Gasteiger partial charge in [0.2, 0.25) is 11.7 Å². The summed E-state index contributed by atoms with van der Waals surface area (Å²) >= 11 is 0. The Morgan fingerprint density at radius 1 is 1.33 bits per heavy atom. The molecule has 116 valence electrons. The van der Waals surface area contributed by atoms with Gasteiger partial charge in [0.1, 0.15) is 5.82 Å². The predicted octanol–water partition coefficient (Wildman–Crippen LogP) is 1.15. The van der Waals surface area contributed by atoms with Crippen molar-refractivity contribution in [3.63, 3.8) is 0 Å². The molecule has 0 bridgehead atoms. The van der Waals surface area contributed by atoms with E-state index < -0.39 is 5.97 Å². The molecule has 0 saturated carbocycles. The largest absolute Gasteiger partial charge is 0.463 e. The maximum absolute atomic E-state index is 11.6. The average molecular weight is 294 g/mol. The SMILES string of the molecule is COC(=O)c1nc(C)cc(NCCC(=O)NCC(C)C)n1. The first kappa shape index (κ1) is 16.9. The summed E-state index contributed by atoms with van der Waals surface area (Å²) in [7, 11) is 1.28. The lowest BCUT2D eigenvalue weighted by Crippen LogP contribution is -2.28. The fraction of sp³-hybridized carbons (Fsp3) is 0.571. The van der Waals surface area contributed by atoms with Gasteiger partial charge in [0.25, 0.3) is 0 Å². The van der Waals surface area contributed by atoms with Crippen molar-refractivity contribution in [2.24, 2.45) is 5.92 Å². The highest BCUT2D eigenvalue weighted by atomic mass is 16.5. The van der Waals surface area contributed by atoms with Crippen LogP contribution in [0.3, 0.4) is 0 Å². The number of carbonyl (C=O) groups excluding carboxylic acids is 2. The van der Waals surface area contributed by atoms with Gasteiger partial charge >= 0.3 is 5.97 Å². The van der Waals surface area contributed by atoms with Crippen molar-refractivity contribution < 1.29 is 14.3 Å². The molecule has 1 aromatic rings. The zero-order valence-corrected chi connectivity index (χ0v) is 12.9. The third-order valence-electron chi connectivity index (χ3n) is 2.59. The lowest BCUT2D eigenvalue weighted by molar-refractivity contribution is -0.120. The smallest absolute Gasteiger partial charge is 0.376 e. The number of ether oxygens (including phenoxy) is 1. The number of aryl methyl sites for hydroxylation is 1. The quantitative estimate of drug-likeness (QED) is 0.733. The zero-order valence-electron chi connectivity index (χ0n) is 12.9. The molecule has 1 rings (SSSR count). The van der Waals surface area contributed by atoms with E-state index in [2.05, 4.69) is 25.3 Å². The number of nitrogens with one attached hydrogen (secondary N) is 2. The summed E-state index contributed by atoms with van der Waals surface area (Å²) in [4.78, 5) is 31.0. The molecule has 2 N–H and O–H groups in total. The van der Waals surface area contributed by atoms with Crippen LogP contribution < -0.4 is 10.6 Å². The number of hydrogen-bond donors (Lipinski definition) is 2. The summed E-state index contributed by atoms with van der Waals surface area (Å²) in [6.45, 7) is 6.93. The van der Waals surface area contributed by atoms with Crippen molar-refractivity contribution in [1.82, 2.24) is 15.3 Å². The lowest BCUT2D eigenvalue weighted by atomic mass is 10.2. The first-order chi connectivity index (χ1) is 9.92. The Bertz CT molecular complexity index is 503. The fourth-order valence-electron chi connectivity index (χ4n) is 1.55. The molecule has 0 aromatic carbocycles. The summed E-state index contributed by atoms with van der Waals surface area (Å²) in [5.41, 5.74) is 0.650. The van der Waals surface area contributed by atoms with Crippen LogP contribution in [0.4, 0.5) is 5.82 Å². The molecule has 0 aliphatic carbocycles. The van der Waals surface area contributed by atoms with E-state index in [-0.39, 0.29) is 11.7 Å². The molecular formula is C14H22N4O3. The molecule has 1 heterocycles. The van der Waals surface area contributed by atoms with Crippen molar-refractivity contribution in [1.29, 1.82) is 0 Å². The molecule has 0 atom stereocenters. The van der Waals surface area contributed by atoms with Crippen LogP contribution in [0, 0.1) is 12.8 Å². The van der Waals surface area contributed by atoms with Crippen LogP contribution in [-0.4, -0.2) is 42.0 Å². The second-order valence-corrected chi connectivity index (χ2v) is 5.08. The maximum Gasteiger partial charge on any atom is 0.376 e. The van der Waals surface area contributed by atoms with Crippen LogP contribution in [-0.2, 0) is 9.53 Å². The van der Waals surface area contributed by atoms with E-state index in [0.717, 1.165) is 0 Å². The van der Waals surface area contributed by atoms with Gasteiger partial charge in [-0.1, -0.05) is 13.8 Å². The molecular weight excluding hydrogens is 272 g/mol. The highest BCUT2D eigenvalue weighted by Crippen LogP contribution is 2.07. The number of aromatic nitrogens is 2. The number of methoxy groups -OCH3 is 1. The van der Waals surface area contributed by atoms with Crippen molar-refractivity contribution in [2.45, 2.75) is 27.2 Å². The van der Waals surface area contributed by atoms with Gasteiger partial charge in [-0.25, -0.2) is 14.8 Å². The van der Waals surface area contributed by atoms with Gasteiger partial charge in [-0.05, 0) is 12.8 Å². The molecule has 0 aliphatic rings. The number of nitrogens with zero attached hydrogens (tertiary/aromatic N) is 2. The number of hydrogen-bond acceptors (Lipinski definition) is 6. The summed E-state index contributed by atoms with van der Waals surface area (Å²) in [6, 6.07) is 1.71. The highest BCUT2D eigenvalue weighted by molar-refractivity contribution is 5.85. The fourth-order valence-corrected chi connectivity index (χ4v) is 1.55. The molecule has 0 unspecified atom stereocenters. The van der Waals surface area contributed by atoms with Gasteiger partial charge in [0.05, 0.1) is 7.11 Å². The second-order valence-electron chi connectivity index (χ2n) is 5.08. The maximum atomic E-state index is 11.6. The Labute approximate surface area is 124 Å². The second kappa shape index (κ2) is 8.18. The Balaban J connectivity index is 2.50. The van der Waals surface area contributed by atoms with Crippen molar-refractivity contribution >= 4 is 17.7 Å². The number of esters is 1. The van der Waals surface area contributed by atoms with Crippen LogP contribution in [0.25, 0.3) is 0 Å². The molecule has 1 aromatic heterocycles. The van der Waals surface area contributed by atoms with Gasteiger partial charge in [0, 0.05) is 31.3 Å². The van der Waals surface area contributed by atoms with Crippen LogP contribution in [0.1, 0.15) is 36.6 Å². The summed E-state index contributed by atoms with van der Waals surface area (Å²) < 4.78 is 4.59. The Morgan fingerprint density at radius 3 is 2.67 bits per heavy atom. The minimum Gasteiger partial charge on any atom is -0.463 e. The van der Waals surface area contributed by atoms with Crippen molar-refractivity contribution in [3.8, 4) is 0 Å². The molecule has 7 heteroatoms. The van der Waals surface area contributed by atoms with Crippen molar-refractivity contribution in [3.05, 3.63) is 17.6 Å². The van der Waals surface area contributed by atoms with Gasteiger partial charge in [0.15, 0.2) is 0 Å². The van der Waals surface area contributed by atoms with Crippen LogP contribution in [0.2, 0.25) is 0 Å². The van der Waals surface area contributed by atoms with E-state index in [1.165, 1.54) is 7.11 Å². The lowest BCUT2D eigenvalue weighted by Gasteiger charge is -2.09. The number of carbonyl (C=O) groups is 2. The van der Waals surface area contributed by atoms with Crippen molar-refractivity contribution in [2.75, 3.05) is 25.5 Å². The minimum absolute atomic E-state index is 0.00394. The van der Waals surface area contributed by atoms with Gasteiger partial charge < -0.3 is 15.4 Å². The summed E-state index contributed by atoms with van der Waals surface area (Å²) in [5.74, 6) is 0.324. The summed E-state index contributed by atoms with van der Waals surface area (Å²) in [6.07, 6.45) is 0.337. The highest BCUT2D eigenvalue weighted by Gasteiger charge is 2.11. The molecule has 0 radical (unpaired) electrons. The standard InChI is InChI=1S/C14H22N4O3/c1-9(2)8-16-12(19)5-6-15-11-7-10(3)17-13(18-11)14(20)21-4/h7,9H,5-6,8H2,1-4H3,(H,16,19)(H,15,17,18). The molecule has 0 spiro atoms. The molecule has 0 saturated heterocycles. The van der Waals surface area contributed by atoms with Gasteiger partial charge in [-0.15, -0.1) is 0 Å². The molecule has 21 heavy (non-hydrogen) atoms. The normalized spacial score (nSPS) is 10.3. The number of rotatable bonds is 7. The molecule has 0 aliphatic heterocycles. The first-order valence-corrected chi connectivity index (χ1v) is 6.87. The molecule has 1 amide bonds. The molecule has 0 fully saturated rings. The Morgan fingerprint density at radius 2 is 2.05 bits per heavy atom. The first-order valence-electron chi connectivity index (χ1n) is 6.87. The van der Waals surface area contributed by atoms with E-state index in [0.29, 0.717) is 36.9 Å². The summed E-state index contributed by atoms with van der Waals surface area (Å²) in [5, 5.41) is 5.84.